The van der Waals surface area contributed by atoms with Crippen LogP contribution < -0.4 is 5.73 Å². The fourth-order valence-corrected chi connectivity index (χ4v) is 2.26. The first kappa shape index (κ1) is 13.3. The van der Waals surface area contributed by atoms with Gasteiger partial charge in [-0.05, 0) is 25.0 Å². The Morgan fingerprint density at radius 1 is 1.42 bits per heavy atom. The van der Waals surface area contributed by atoms with Gasteiger partial charge in [0.2, 0.25) is 0 Å². The summed E-state index contributed by atoms with van der Waals surface area (Å²) >= 11 is 0. The average Bonchev–Trinajstić information content (AvgIpc) is 2.47. The zero-order valence-corrected chi connectivity index (χ0v) is 10.9. The summed E-state index contributed by atoms with van der Waals surface area (Å²) in [6.45, 7) is 3.16. The van der Waals surface area contributed by atoms with Gasteiger partial charge >= 0.3 is 0 Å². The minimum Gasteiger partial charge on any atom is -0.409 e. The Labute approximate surface area is 111 Å². The first-order valence-electron chi connectivity index (χ1n) is 6.24. The molecule has 0 saturated carbocycles. The highest BCUT2D eigenvalue weighted by Crippen LogP contribution is 2.31. The SMILES string of the molecule is CC1(/C(N)=N/O)CCN(C(=O)c2ccncc2)CC1. The summed E-state index contributed by atoms with van der Waals surface area (Å²) in [5, 5.41) is 11.9. The number of hydrogen-bond acceptors (Lipinski definition) is 4. The average molecular weight is 262 g/mol. The highest BCUT2D eigenvalue weighted by atomic mass is 16.4. The van der Waals surface area contributed by atoms with Gasteiger partial charge in [-0.25, -0.2) is 0 Å². The van der Waals surface area contributed by atoms with Crippen LogP contribution in [0.25, 0.3) is 0 Å². The van der Waals surface area contributed by atoms with E-state index in [1.165, 1.54) is 0 Å². The van der Waals surface area contributed by atoms with Crippen molar-refractivity contribution in [1.82, 2.24) is 9.88 Å². The lowest BCUT2D eigenvalue weighted by Crippen LogP contribution is -2.47. The first-order chi connectivity index (χ1) is 9.07. The highest BCUT2D eigenvalue weighted by molar-refractivity contribution is 5.94. The number of rotatable bonds is 2. The summed E-state index contributed by atoms with van der Waals surface area (Å²) < 4.78 is 0. The molecule has 0 bridgehead atoms. The van der Waals surface area contributed by atoms with Gasteiger partial charge in [0.25, 0.3) is 5.91 Å². The lowest BCUT2D eigenvalue weighted by molar-refractivity contribution is 0.0666. The zero-order valence-electron chi connectivity index (χ0n) is 10.9. The number of nitrogens with zero attached hydrogens (tertiary/aromatic N) is 3. The van der Waals surface area contributed by atoms with Crippen LogP contribution in [-0.2, 0) is 0 Å². The second kappa shape index (κ2) is 5.26. The third kappa shape index (κ3) is 2.67. The van der Waals surface area contributed by atoms with E-state index in [4.69, 9.17) is 10.9 Å². The maximum Gasteiger partial charge on any atom is 0.253 e. The topological polar surface area (TPSA) is 91.8 Å². The van der Waals surface area contributed by atoms with E-state index in [0.717, 1.165) is 0 Å². The molecule has 2 rings (SSSR count). The van der Waals surface area contributed by atoms with Crippen LogP contribution in [0.1, 0.15) is 30.1 Å². The molecule has 1 amide bonds. The smallest absolute Gasteiger partial charge is 0.253 e. The number of carbonyl (C=O) groups excluding carboxylic acids is 1. The molecule has 19 heavy (non-hydrogen) atoms. The molecule has 1 aliphatic rings. The van der Waals surface area contributed by atoms with Crippen LogP contribution in [0.5, 0.6) is 0 Å². The van der Waals surface area contributed by atoms with Crippen LogP contribution in [0.15, 0.2) is 29.7 Å². The van der Waals surface area contributed by atoms with Crippen molar-refractivity contribution in [2.45, 2.75) is 19.8 Å². The predicted octanol–water partition coefficient (Wildman–Crippen LogP) is 1.07. The van der Waals surface area contributed by atoms with Crippen molar-refractivity contribution in [2.24, 2.45) is 16.3 Å². The summed E-state index contributed by atoms with van der Waals surface area (Å²) in [7, 11) is 0. The number of aromatic nitrogens is 1. The normalized spacial score (nSPS) is 19.2. The van der Waals surface area contributed by atoms with Gasteiger partial charge in [0.1, 0.15) is 5.84 Å². The molecular weight excluding hydrogens is 244 g/mol. The minimum atomic E-state index is -0.330. The quantitative estimate of drug-likeness (QED) is 0.361. The molecule has 3 N–H and O–H groups in total. The molecule has 6 heteroatoms. The van der Waals surface area contributed by atoms with Crippen molar-refractivity contribution in [3.05, 3.63) is 30.1 Å². The Balaban J connectivity index is 2.03. The van der Waals surface area contributed by atoms with E-state index in [1.54, 1.807) is 29.4 Å². The van der Waals surface area contributed by atoms with Crippen LogP contribution >= 0.6 is 0 Å². The molecule has 1 aliphatic heterocycles. The largest absolute Gasteiger partial charge is 0.409 e. The fraction of sp³-hybridized carbons (Fsp3) is 0.462. The number of pyridine rings is 1. The molecule has 0 aliphatic carbocycles. The summed E-state index contributed by atoms with van der Waals surface area (Å²) in [6.07, 6.45) is 4.61. The number of hydrogen-bond donors (Lipinski definition) is 2. The van der Waals surface area contributed by atoms with E-state index >= 15 is 0 Å². The van der Waals surface area contributed by atoms with Gasteiger partial charge < -0.3 is 15.8 Å². The summed E-state index contributed by atoms with van der Waals surface area (Å²) in [5.74, 6) is 0.243. The first-order valence-corrected chi connectivity index (χ1v) is 6.24. The Hall–Kier alpha value is -2.11. The molecule has 0 aromatic carbocycles. The standard InChI is InChI=1S/C13H18N4O2/c1-13(12(14)16-19)4-8-17(9-5-13)11(18)10-2-6-15-7-3-10/h2-3,6-7,19H,4-5,8-9H2,1H3,(H2,14,16). The molecule has 0 unspecified atom stereocenters. The maximum atomic E-state index is 12.2. The maximum absolute atomic E-state index is 12.2. The number of nitrogens with two attached hydrogens (primary N) is 1. The molecule has 1 fully saturated rings. The van der Waals surface area contributed by atoms with E-state index in [-0.39, 0.29) is 17.2 Å². The molecule has 1 aromatic heterocycles. The Morgan fingerprint density at radius 3 is 2.53 bits per heavy atom. The summed E-state index contributed by atoms with van der Waals surface area (Å²) in [6, 6.07) is 3.42. The summed E-state index contributed by atoms with van der Waals surface area (Å²) in [4.78, 5) is 17.9. The van der Waals surface area contributed by atoms with Gasteiger partial charge in [0.05, 0.1) is 0 Å². The van der Waals surface area contributed by atoms with Crippen molar-refractivity contribution in [2.75, 3.05) is 13.1 Å². The molecule has 0 radical (unpaired) electrons. The molecule has 1 aromatic rings. The number of oxime groups is 1. The molecule has 6 nitrogen and oxygen atoms in total. The van der Waals surface area contributed by atoms with E-state index < -0.39 is 0 Å². The van der Waals surface area contributed by atoms with E-state index in [0.29, 0.717) is 31.5 Å². The number of amidine groups is 1. The second-order valence-corrected chi connectivity index (χ2v) is 5.07. The lowest BCUT2D eigenvalue weighted by atomic mass is 9.79. The number of carbonyl (C=O) groups is 1. The minimum absolute atomic E-state index is 0.00367. The summed E-state index contributed by atoms with van der Waals surface area (Å²) in [5.41, 5.74) is 6.01. The van der Waals surface area contributed by atoms with Crippen molar-refractivity contribution in [3.63, 3.8) is 0 Å². The second-order valence-electron chi connectivity index (χ2n) is 5.07. The molecule has 1 saturated heterocycles. The van der Waals surface area contributed by atoms with E-state index in [1.807, 2.05) is 6.92 Å². The van der Waals surface area contributed by atoms with Crippen LogP contribution in [0.3, 0.4) is 0 Å². The zero-order chi connectivity index (χ0) is 13.9. The van der Waals surface area contributed by atoms with Crippen molar-refractivity contribution < 1.29 is 10.0 Å². The molecule has 0 atom stereocenters. The molecular formula is C13H18N4O2. The number of amides is 1. The lowest BCUT2D eigenvalue weighted by Gasteiger charge is -2.38. The molecule has 0 spiro atoms. The van der Waals surface area contributed by atoms with Crippen LogP contribution in [0.4, 0.5) is 0 Å². The van der Waals surface area contributed by atoms with Crippen LogP contribution in [-0.4, -0.2) is 39.9 Å². The van der Waals surface area contributed by atoms with Crippen LogP contribution in [0, 0.1) is 5.41 Å². The Kier molecular flexibility index (Phi) is 3.69. The van der Waals surface area contributed by atoms with Gasteiger partial charge in [-0.1, -0.05) is 12.1 Å². The monoisotopic (exact) mass is 262 g/mol. The Morgan fingerprint density at radius 2 is 2.00 bits per heavy atom. The van der Waals surface area contributed by atoms with Gasteiger partial charge in [0, 0.05) is 36.5 Å². The van der Waals surface area contributed by atoms with Crippen molar-refractivity contribution >= 4 is 11.7 Å². The van der Waals surface area contributed by atoms with Crippen LogP contribution in [0.2, 0.25) is 0 Å². The van der Waals surface area contributed by atoms with Crippen molar-refractivity contribution in [1.29, 1.82) is 0 Å². The van der Waals surface area contributed by atoms with Gasteiger partial charge in [-0.15, -0.1) is 0 Å². The number of piperidine rings is 1. The third-order valence-electron chi connectivity index (χ3n) is 3.81. The van der Waals surface area contributed by atoms with Gasteiger partial charge in [-0.2, -0.15) is 0 Å². The molecule has 102 valence electrons. The Bertz CT molecular complexity index is 479. The third-order valence-corrected chi connectivity index (χ3v) is 3.81. The van der Waals surface area contributed by atoms with E-state index in [2.05, 4.69) is 10.1 Å². The number of likely N-dealkylation sites (tertiary alicyclic amines) is 1. The molecule has 2 heterocycles. The fourth-order valence-electron chi connectivity index (χ4n) is 2.26. The van der Waals surface area contributed by atoms with Gasteiger partial charge in [0.15, 0.2) is 0 Å². The van der Waals surface area contributed by atoms with E-state index in [9.17, 15) is 4.79 Å². The highest BCUT2D eigenvalue weighted by Gasteiger charge is 2.35. The van der Waals surface area contributed by atoms with Gasteiger partial charge in [-0.3, -0.25) is 9.78 Å². The van der Waals surface area contributed by atoms with Crippen molar-refractivity contribution in [3.8, 4) is 0 Å². The predicted molar refractivity (Wildman–Crippen MR) is 70.9 cm³/mol.